The van der Waals surface area contributed by atoms with E-state index in [-0.39, 0.29) is 18.9 Å². The Labute approximate surface area is 125 Å². The zero-order valence-corrected chi connectivity index (χ0v) is 12.6. The van der Waals surface area contributed by atoms with Gasteiger partial charge in [0.25, 0.3) is 0 Å². The summed E-state index contributed by atoms with van der Waals surface area (Å²) in [5.74, 6) is -0.0898. The second kappa shape index (κ2) is 7.42. The molecule has 2 rings (SSSR count). The number of nitrogens with zero attached hydrogens (tertiary/aromatic N) is 1. The normalized spacial score (nSPS) is 15.8. The molecule has 0 aromatic heterocycles. The van der Waals surface area contributed by atoms with Crippen molar-refractivity contribution in [2.45, 2.75) is 19.4 Å². The molecule has 0 radical (unpaired) electrons. The lowest BCUT2D eigenvalue weighted by Gasteiger charge is -2.15. The molecule has 0 unspecified atom stereocenters. The number of nitrogens with one attached hydrogen (secondary N) is 1. The fourth-order valence-electron chi connectivity index (χ4n) is 2.15. The molecule has 116 valence electrons. The molecule has 1 aliphatic rings. The van der Waals surface area contributed by atoms with E-state index in [4.69, 9.17) is 4.74 Å². The van der Waals surface area contributed by atoms with Gasteiger partial charge in [0, 0.05) is 19.6 Å². The molecule has 21 heavy (non-hydrogen) atoms. The maximum absolute atomic E-state index is 11.9. The van der Waals surface area contributed by atoms with Crippen LogP contribution in [-0.2, 0) is 21.4 Å². The number of carbonyl (C=O) groups is 1. The van der Waals surface area contributed by atoms with Gasteiger partial charge in [0.15, 0.2) is 0 Å². The van der Waals surface area contributed by atoms with Gasteiger partial charge < -0.3 is 10.1 Å². The van der Waals surface area contributed by atoms with E-state index < -0.39 is 16.1 Å². The molecule has 0 spiro atoms. The molecule has 1 aromatic rings. The molecule has 1 saturated heterocycles. The Balaban J connectivity index is 1.67. The van der Waals surface area contributed by atoms with Crippen LogP contribution in [0.25, 0.3) is 0 Å². The third kappa shape index (κ3) is 5.02. The first-order valence-electron chi connectivity index (χ1n) is 7.00. The first-order chi connectivity index (χ1) is 10.1. The van der Waals surface area contributed by atoms with Gasteiger partial charge in [-0.15, -0.1) is 0 Å². The van der Waals surface area contributed by atoms with Crippen LogP contribution in [0.15, 0.2) is 30.3 Å². The van der Waals surface area contributed by atoms with Crippen LogP contribution in [0, 0.1) is 0 Å². The highest BCUT2D eigenvalue weighted by molar-refractivity contribution is 7.89. The van der Waals surface area contributed by atoms with Gasteiger partial charge in [0.2, 0.25) is 10.0 Å². The van der Waals surface area contributed by atoms with Gasteiger partial charge in [0.1, 0.15) is 6.61 Å². The van der Waals surface area contributed by atoms with Crippen LogP contribution in [0.1, 0.15) is 18.4 Å². The zero-order chi connectivity index (χ0) is 15.1. The van der Waals surface area contributed by atoms with E-state index in [2.05, 4.69) is 5.32 Å². The highest BCUT2D eigenvalue weighted by Crippen LogP contribution is 2.12. The van der Waals surface area contributed by atoms with Crippen molar-refractivity contribution in [3.05, 3.63) is 35.9 Å². The Hall–Kier alpha value is -1.60. The average molecular weight is 312 g/mol. The van der Waals surface area contributed by atoms with Crippen LogP contribution in [-0.4, -0.2) is 44.2 Å². The highest BCUT2D eigenvalue weighted by Gasteiger charge is 2.24. The van der Waals surface area contributed by atoms with E-state index in [0.717, 1.165) is 18.4 Å². The second-order valence-corrected chi connectivity index (χ2v) is 7.00. The van der Waals surface area contributed by atoms with Gasteiger partial charge >= 0.3 is 6.09 Å². The van der Waals surface area contributed by atoms with Crippen LogP contribution < -0.4 is 5.32 Å². The summed E-state index contributed by atoms with van der Waals surface area (Å²) in [4.78, 5) is 11.5. The Kier molecular flexibility index (Phi) is 5.58. The number of amides is 1. The standard InChI is InChI=1S/C14H20N2O4S/c17-14(20-12-13-6-2-1-3-7-13)15-8-11-21(18,19)16-9-4-5-10-16/h1-3,6-7H,4-5,8-12H2,(H,15,17). The van der Waals surface area contributed by atoms with Gasteiger partial charge in [-0.3, -0.25) is 0 Å². The van der Waals surface area contributed by atoms with Crippen LogP contribution in [0.2, 0.25) is 0 Å². The van der Waals surface area contributed by atoms with E-state index in [0.29, 0.717) is 13.1 Å². The monoisotopic (exact) mass is 312 g/mol. The van der Waals surface area contributed by atoms with Crippen molar-refractivity contribution in [2.75, 3.05) is 25.4 Å². The fourth-order valence-corrected chi connectivity index (χ4v) is 3.58. The lowest BCUT2D eigenvalue weighted by molar-refractivity contribution is 0.140. The Morgan fingerprint density at radius 1 is 1.19 bits per heavy atom. The summed E-state index contributed by atoms with van der Waals surface area (Å²) < 4.78 is 30.3. The fraction of sp³-hybridized carbons (Fsp3) is 0.500. The van der Waals surface area contributed by atoms with Crippen molar-refractivity contribution >= 4 is 16.1 Å². The number of carbonyl (C=O) groups excluding carboxylic acids is 1. The summed E-state index contributed by atoms with van der Waals surface area (Å²) in [5, 5.41) is 2.47. The van der Waals surface area contributed by atoms with Gasteiger partial charge in [0.05, 0.1) is 5.75 Å². The molecule has 6 nitrogen and oxygen atoms in total. The van der Waals surface area contributed by atoms with Gasteiger partial charge in [-0.25, -0.2) is 17.5 Å². The third-order valence-corrected chi connectivity index (χ3v) is 5.17. The minimum absolute atomic E-state index is 0.0620. The van der Waals surface area contributed by atoms with Gasteiger partial charge in [-0.05, 0) is 18.4 Å². The minimum Gasteiger partial charge on any atom is -0.445 e. The molecule has 0 saturated carbocycles. The van der Waals surface area contributed by atoms with Crippen molar-refractivity contribution in [2.24, 2.45) is 0 Å². The molecule has 0 aliphatic carbocycles. The average Bonchev–Trinajstić information content (AvgIpc) is 3.01. The second-order valence-electron chi connectivity index (χ2n) is 4.91. The lowest BCUT2D eigenvalue weighted by atomic mass is 10.2. The van der Waals surface area contributed by atoms with Crippen molar-refractivity contribution < 1.29 is 17.9 Å². The Morgan fingerprint density at radius 2 is 1.86 bits per heavy atom. The summed E-state index contributed by atoms with van der Waals surface area (Å²) in [5.41, 5.74) is 0.886. The number of ether oxygens (including phenoxy) is 1. The van der Waals surface area contributed by atoms with Crippen LogP contribution in [0.5, 0.6) is 0 Å². The number of hydrogen-bond acceptors (Lipinski definition) is 4. The molecule has 1 N–H and O–H groups in total. The molecule has 1 aromatic carbocycles. The quantitative estimate of drug-likeness (QED) is 0.860. The SMILES string of the molecule is O=C(NCCS(=O)(=O)N1CCCC1)OCc1ccccc1. The van der Waals surface area contributed by atoms with Crippen molar-refractivity contribution in [3.63, 3.8) is 0 Å². The smallest absolute Gasteiger partial charge is 0.407 e. The van der Waals surface area contributed by atoms with E-state index in [1.54, 1.807) is 0 Å². The molecular formula is C14H20N2O4S. The zero-order valence-electron chi connectivity index (χ0n) is 11.8. The van der Waals surface area contributed by atoms with E-state index >= 15 is 0 Å². The summed E-state index contributed by atoms with van der Waals surface area (Å²) in [6, 6.07) is 9.31. The van der Waals surface area contributed by atoms with E-state index in [9.17, 15) is 13.2 Å². The van der Waals surface area contributed by atoms with E-state index in [1.165, 1.54) is 4.31 Å². The third-order valence-electron chi connectivity index (χ3n) is 3.30. The minimum atomic E-state index is -3.26. The first kappa shape index (κ1) is 15.8. The Bertz CT molecular complexity index is 554. The topological polar surface area (TPSA) is 75.7 Å². The molecule has 1 aliphatic heterocycles. The number of benzene rings is 1. The summed E-state index contributed by atoms with van der Waals surface area (Å²) in [6.45, 7) is 1.40. The predicted octanol–water partition coefficient (Wildman–Crippen LogP) is 1.34. The first-order valence-corrected chi connectivity index (χ1v) is 8.61. The van der Waals surface area contributed by atoms with Gasteiger partial charge in [-0.1, -0.05) is 30.3 Å². The Morgan fingerprint density at radius 3 is 2.52 bits per heavy atom. The van der Waals surface area contributed by atoms with Crippen molar-refractivity contribution in [1.29, 1.82) is 0 Å². The molecule has 1 amide bonds. The molecule has 1 heterocycles. The molecule has 0 atom stereocenters. The van der Waals surface area contributed by atoms with Gasteiger partial charge in [-0.2, -0.15) is 0 Å². The summed E-state index contributed by atoms with van der Waals surface area (Å²) >= 11 is 0. The lowest BCUT2D eigenvalue weighted by Crippen LogP contribution is -2.36. The van der Waals surface area contributed by atoms with E-state index in [1.807, 2.05) is 30.3 Å². The number of rotatable bonds is 6. The predicted molar refractivity (Wildman–Crippen MR) is 79.2 cm³/mol. The van der Waals surface area contributed by atoms with Crippen LogP contribution >= 0.6 is 0 Å². The largest absolute Gasteiger partial charge is 0.445 e. The number of sulfonamides is 1. The van der Waals surface area contributed by atoms with Crippen molar-refractivity contribution in [1.82, 2.24) is 9.62 Å². The summed E-state index contributed by atoms with van der Waals surface area (Å²) in [7, 11) is -3.26. The molecule has 7 heteroatoms. The number of alkyl carbamates (subject to hydrolysis) is 1. The summed E-state index contributed by atoms with van der Waals surface area (Å²) in [6.07, 6.45) is 1.22. The van der Waals surface area contributed by atoms with Crippen molar-refractivity contribution in [3.8, 4) is 0 Å². The molecule has 1 fully saturated rings. The highest BCUT2D eigenvalue weighted by atomic mass is 32.2. The molecular weight excluding hydrogens is 292 g/mol. The molecule has 0 bridgehead atoms. The maximum atomic E-state index is 11.9. The van der Waals surface area contributed by atoms with Crippen LogP contribution in [0.4, 0.5) is 4.79 Å². The number of hydrogen-bond donors (Lipinski definition) is 1. The maximum Gasteiger partial charge on any atom is 0.407 e. The van der Waals surface area contributed by atoms with Crippen LogP contribution in [0.3, 0.4) is 0 Å².